The van der Waals surface area contributed by atoms with Crippen molar-refractivity contribution in [2.45, 2.75) is 146 Å². The van der Waals surface area contributed by atoms with Crippen LogP contribution in [-0.2, 0) is 35.2 Å². The van der Waals surface area contributed by atoms with Crippen LogP contribution in [0.5, 0.6) is 0 Å². The molecular weight excluding hydrogens is 1010 g/mol. The van der Waals surface area contributed by atoms with Gasteiger partial charge < -0.3 is 40.0 Å². The number of nitrogens with zero attached hydrogens (tertiary/aromatic N) is 6. The lowest BCUT2D eigenvalue weighted by atomic mass is 9.64. The maximum absolute atomic E-state index is 15.1. The van der Waals surface area contributed by atoms with Crippen molar-refractivity contribution in [2.24, 2.45) is 17.3 Å². The van der Waals surface area contributed by atoms with E-state index in [1.54, 1.807) is 37.9 Å². The second-order valence-corrected chi connectivity index (χ2v) is 22.4. The van der Waals surface area contributed by atoms with Crippen LogP contribution in [0.25, 0.3) is 11.1 Å². The monoisotopic (exact) mass is 1080 g/mol. The molecule has 5 fully saturated rings. The van der Waals surface area contributed by atoms with Gasteiger partial charge in [-0.15, -0.1) is 0 Å². The van der Waals surface area contributed by atoms with Gasteiger partial charge in [-0.05, 0) is 91.9 Å². The first-order valence-electron chi connectivity index (χ1n) is 27.7. The van der Waals surface area contributed by atoms with Crippen molar-refractivity contribution in [1.82, 2.24) is 35.1 Å². The summed E-state index contributed by atoms with van der Waals surface area (Å²) in [5.41, 5.74) is -0.187. The molecule has 2 aliphatic carbocycles. The molecule has 0 radical (unpaired) electrons. The van der Waals surface area contributed by atoms with E-state index in [4.69, 9.17) is 15.7 Å². The highest BCUT2D eigenvalue weighted by atomic mass is 35.5. The van der Waals surface area contributed by atoms with Crippen LogP contribution in [0, 0.1) is 17.3 Å². The third-order valence-corrected chi connectivity index (χ3v) is 15.9. The van der Waals surface area contributed by atoms with Crippen LogP contribution in [0.1, 0.15) is 101 Å². The normalized spacial score (nSPS) is 26.7. The van der Waals surface area contributed by atoms with Crippen LogP contribution in [0.3, 0.4) is 0 Å². The Bertz CT molecular complexity index is 2510. The lowest BCUT2D eigenvalue weighted by molar-refractivity contribution is -0.299. The molecule has 3 heterocycles. The highest BCUT2D eigenvalue weighted by molar-refractivity contribution is 6.30. The first kappa shape index (κ1) is 53.3. The van der Waals surface area contributed by atoms with E-state index in [9.17, 15) is 45.9 Å². The van der Waals surface area contributed by atoms with E-state index in [2.05, 4.69) is 27.5 Å². The van der Waals surface area contributed by atoms with Gasteiger partial charge in [-0.1, -0.05) is 69.3 Å². The molecule has 14 nitrogen and oxygen atoms in total. The van der Waals surface area contributed by atoms with Crippen molar-refractivity contribution < 1.29 is 59.2 Å². The Morgan fingerprint density at radius 2 is 1.55 bits per heavy atom. The van der Waals surface area contributed by atoms with Crippen molar-refractivity contribution in [3.8, 4) is 11.1 Å². The van der Waals surface area contributed by atoms with Gasteiger partial charge >= 0.3 is 6.18 Å². The molecule has 2 aromatic rings. The molecule has 21 heteroatoms. The summed E-state index contributed by atoms with van der Waals surface area (Å²) < 4.78 is 112. The molecule has 3 aliphatic heterocycles. The van der Waals surface area contributed by atoms with Crippen molar-refractivity contribution in [3.63, 3.8) is 0 Å². The number of carbonyl (C=O) groups is 6. The molecule has 2 saturated carbocycles. The van der Waals surface area contributed by atoms with E-state index in [0.29, 0.717) is 47.7 Å². The maximum Gasteiger partial charge on any atom is 0.403 e. The number of anilines is 1. The Balaban J connectivity index is 1.17. The average Bonchev–Trinajstić information content (AvgIpc) is 4.26. The first-order chi connectivity index (χ1) is 36.5. The first-order valence-corrected chi connectivity index (χ1v) is 26.6. The molecule has 2 aromatic carbocycles. The third kappa shape index (κ3) is 13.4. The fourth-order valence-electron chi connectivity index (χ4n) is 11.0. The van der Waals surface area contributed by atoms with Crippen molar-refractivity contribution in [2.75, 3.05) is 72.3 Å². The minimum atomic E-state index is -5.47. The SMILES string of the molecule is [2H]C([2H])([2H])N(C(=O)[C@@H](NC(=O)[C@@H]1C[C@@H](F)CN1C(=O)C1(C(F)(F)F)CC(F)(F)C1)C1CC1)[C@H]1CCCCCCCN(C)C(=O)[C@H](Cc2cc(Cl)ccc2-c2ccc(N3CCN(C)CC3)cc2)N(C)C(=O)[C@H](CC(C)C)NC1=O. The molecule has 414 valence electrons. The number of likely N-dealkylation sites (tertiary alicyclic amines) is 1. The number of piperazine rings is 1. The standard InChI is InChI=1S/C54H73ClF6N8O6/c1-33(2)26-41-48(72)67(6)44(28-36-27-37(55)17-20-40(36)34-15-18-39(19-16-34)68-24-22-64(3)23-25-68)49(73)65(4)21-11-9-7-8-10-12-42(46(70)62-41)66(5)50(74)45(35-13-14-35)63-47(71)43-29-38(56)30-69(43)51(75)52(54(59,60)61)31-53(57,58)32-52/h15-20,27,33,35,38,41-45H,7-14,21-26,28-32H2,1-6H3,(H,62,70)(H,63,71)/t38-,41+,42+,43+,44+,45+/m1/s1/i5D3. The lowest BCUT2D eigenvalue weighted by Crippen LogP contribution is -2.65. The summed E-state index contributed by atoms with van der Waals surface area (Å²) in [6.45, 7) is 3.17. The van der Waals surface area contributed by atoms with Crippen molar-refractivity contribution in [1.29, 1.82) is 0 Å². The summed E-state index contributed by atoms with van der Waals surface area (Å²) in [7, 11) is 5.22. The summed E-state index contributed by atoms with van der Waals surface area (Å²) in [6.07, 6.45) is -9.31. The Morgan fingerprint density at radius 1 is 0.893 bits per heavy atom. The zero-order chi connectivity index (χ0) is 57.2. The van der Waals surface area contributed by atoms with Gasteiger partial charge in [-0.3, -0.25) is 28.8 Å². The number of hydrogen-bond acceptors (Lipinski definition) is 8. The molecule has 0 unspecified atom stereocenters. The van der Waals surface area contributed by atoms with Gasteiger partial charge in [0, 0.05) is 94.3 Å². The largest absolute Gasteiger partial charge is 0.403 e. The molecule has 3 saturated heterocycles. The molecule has 0 aromatic heterocycles. The Labute approximate surface area is 445 Å². The van der Waals surface area contributed by atoms with Crippen LogP contribution < -0.4 is 15.5 Å². The number of rotatable bonds is 12. The Hall–Kier alpha value is -5.11. The van der Waals surface area contributed by atoms with Gasteiger partial charge in [-0.25, -0.2) is 13.2 Å². The summed E-state index contributed by atoms with van der Waals surface area (Å²) in [6, 6.07) is 5.53. The molecule has 0 spiro atoms. The average molecular weight is 1080 g/mol. The predicted octanol–water partition coefficient (Wildman–Crippen LogP) is 7.11. The molecule has 0 bridgehead atoms. The van der Waals surface area contributed by atoms with Crippen LogP contribution in [0.2, 0.25) is 5.02 Å². The minimum Gasteiger partial charge on any atom is -0.369 e. The van der Waals surface area contributed by atoms with Crippen molar-refractivity contribution >= 4 is 52.7 Å². The summed E-state index contributed by atoms with van der Waals surface area (Å²) in [4.78, 5) is 95.2. The highest BCUT2D eigenvalue weighted by Crippen LogP contribution is 2.61. The minimum absolute atomic E-state index is 0.0139. The van der Waals surface area contributed by atoms with E-state index in [1.807, 2.05) is 30.3 Å². The number of nitrogens with one attached hydrogen (secondary N) is 2. The number of amides is 6. The van der Waals surface area contributed by atoms with Crippen LogP contribution >= 0.6 is 11.6 Å². The summed E-state index contributed by atoms with van der Waals surface area (Å²) in [5, 5.41) is 5.53. The molecule has 5 aliphatic rings. The zero-order valence-corrected chi connectivity index (χ0v) is 44.1. The Morgan fingerprint density at radius 3 is 2.16 bits per heavy atom. The molecule has 2 N–H and O–H groups in total. The van der Waals surface area contributed by atoms with E-state index in [1.165, 1.54) is 11.9 Å². The molecular formula is C54H73ClF6N8O6. The van der Waals surface area contributed by atoms with Gasteiger partial charge in [0.05, 0.1) is 6.54 Å². The molecule has 6 atom stereocenters. The van der Waals surface area contributed by atoms with E-state index < -0.39 is 122 Å². The van der Waals surface area contributed by atoms with Crippen LogP contribution in [-0.4, -0.2) is 176 Å². The van der Waals surface area contributed by atoms with E-state index in [-0.39, 0.29) is 55.2 Å². The number of hydrogen-bond donors (Lipinski definition) is 2. The number of alkyl halides is 6. The van der Waals surface area contributed by atoms with Crippen molar-refractivity contribution in [3.05, 3.63) is 53.1 Å². The van der Waals surface area contributed by atoms with Gasteiger partial charge in [0.25, 0.3) is 5.92 Å². The van der Waals surface area contributed by atoms with E-state index in [0.717, 1.165) is 43.0 Å². The second-order valence-electron chi connectivity index (χ2n) is 22.0. The smallest absolute Gasteiger partial charge is 0.369 e. The zero-order valence-electron chi connectivity index (χ0n) is 46.4. The quantitative estimate of drug-likeness (QED) is 0.214. The molecule has 7 rings (SSSR count). The fraction of sp³-hybridized carbons (Fsp3) is 0.667. The number of halogens is 7. The fourth-order valence-corrected chi connectivity index (χ4v) is 11.2. The number of likely N-dealkylation sites (N-methyl/N-ethyl adjacent to an activating group) is 4. The lowest BCUT2D eigenvalue weighted by Gasteiger charge is -2.48. The Kier molecular flexibility index (Phi) is 16.8. The van der Waals surface area contributed by atoms with Gasteiger partial charge in [0.15, 0.2) is 5.41 Å². The third-order valence-electron chi connectivity index (χ3n) is 15.7. The summed E-state index contributed by atoms with van der Waals surface area (Å²) in [5.74, 6) is -11.4. The summed E-state index contributed by atoms with van der Waals surface area (Å²) >= 11 is 6.64. The molecule has 6 amide bonds. The van der Waals surface area contributed by atoms with Crippen LogP contribution in [0.4, 0.5) is 32.0 Å². The predicted molar refractivity (Wildman–Crippen MR) is 272 cm³/mol. The second kappa shape index (κ2) is 23.6. The number of benzene rings is 2. The number of carbonyl (C=O) groups excluding carboxylic acids is 6. The van der Waals surface area contributed by atoms with Gasteiger partial charge in [0.1, 0.15) is 36.4 Å². The maximum atomic E-state index is 15.1. The molecule has 75 heavy (non-hydrogen) atoms. The van der Waals surface area contributed by atoms with Gasteiger partial charge in [0.2, 0.25) is 35.4 Å². The van der Waals surface area contributed by atoms with Gasteiger partial charge in [-0.2, -0.15) is 13.2 Å². The topological polar surface area (TPSA) is 146 Å². The van der Waals surface area contributed by atoms with E-state index >= 15 is 9.18 Å². The van der Waals surface area contributed by atoms with Crippen LogP contribution in [0.15, 0.2) is 42.5 Å². The highest BCUT2D eigenvalue weighted by Gasteiger charge is 2.75.